The summed E-state index contributed by atoms with van der Waals surface area (Å²) in [5.41, 5.74) is 9.28. The van der Waals surface area contributed by atoms with Gasteiger partial charge in [0.15, 0.2) is 0 Å². The van der Waals surface area contributed by atoms with Crippen LogP contribution in [-0.2, 0) is 6.42 Å². The third-order valence-corrected chi connectivity index (χ3v) is 4.24. The molecule has 1 aliphatic carbocycles. The Balaban J connectivity index is 2.36. The summed E-state index contributed by atoms with van der Waals surface area (Å²) >= 11 is 0. The molecule has 0 saturated carbocycles. The van der Waals surface area contributed by atoms with E-state index in [2.05, 4.69) is 36.9 Å². The smallest absolute Gasteiger partial charge is 0.119 e. The fourth-order valence-electron chi connectivity index (χ4n) is 3.35. The lowest BCUT2D eigenvalue weighted by molar-refractivity contribution is 0.160. The van der Waals surface area contributed by atoms with Crippen molar-refractivity contribution >= 4 is 0 Å². The lowest BCUT2D eigenvalue weighted by Gasteiger charge is -2.40. The van der Waals surface area contributed by atoms with E-state index in [-0.39, 0.29) is 6.04 Å². The van der Waals surface area contributed by atoms with E-state index in [0.29, 0.717) is 6.04 Å². The molecule has 0 aromatic heterocycles. The molecule has 0 amide bonds. The highest BCUT2D eigenvalue weighted by Crippen LogP contribution is 2.36. The van der Waals surface area contributed by atoms with Crippen molar-refractivity contribution in [3.05, 3.63) is 29.3 Å². The first kappa shape index (κ1) is 15.3. The van der Waals surface area contributed by atoms with E-state index >= 15 is 0 Å². The number of nitrogens with zero attached hydrogens (tertiary/aromatic N) is 1. The summed E-state index contributed by atoms with van der Waals surface area (Å²) in [5, 5.41) is 0. The molecule has 2 unspecified atom stereocenters. The molecule has 2 atom stereocenters. The molecule has 1 aromatic carbocycles. The van der Waals surface area contributed by atoms with E-state index in [1.165, 1.54) is 24.0 Å². The van der Waals surface area contributed by atoms with Gasteiger partial charge in [0.1, 0.15) is 5.75 Å². The van der Waals surface area contributed by atoms with Gasteiger partial charge in [-0.1, -0.05) is 19.9 Å². The number of fused-ring (bicyclic) bond motifs is 1. The highest BCUT2D eigenvalue weighted by molar-refractivity contribution is 5.40. The van der Waals surface area contributed by atoms with Gasteiger partial charge >= 0.3 is 0 Å². The number of rotatable bonds is 6. The van der Waals surface area contributed by atoms with Gasteiger partial charge in [-0.2, -0.15) is 0 Å². The fourth-order valence-corrected chi connectivity index (χ4v) is 3.35. The van der Waals surface area contributed by atoms with E-state index in [1.807, 2.05) is 0 Å². The van der Waals surface area contributed by atoms with Crippen molar-refractivity contribution in [1.82, 2.24) is 4.90 Å². The topological polar surface area (TPSA) is 38.5 Å². The van der Waals surface area contributed by atoms with Crippen molar-refractivity contribution in [2.75, 3.05) is 20.2 Å². The van der Waals surface area contributed by atoms with Crippen molar-refractivity contribution < 1.29 is 4.74 Å². The Labute approximate surface area is 123 Å². The van der Waals surface area contributed by atoms with Gasteiger partial charge in [-0.05, 0) is 62.0 Å². The molecule has 0 aliphatic heterocycles. The SMILES string of the molecule is CCCN(CCC)C1c2cc(OC)ccc2CCC1N. The van der Waals surface area contributed by atoms with Gasteiger partial charge in [0.25, 0.3) is 0 Å². The van der Waals surface area contributed by atoms with Gasteiger partial charge in [-0.3, -0.25) is 4.90 Å². The Bertz CT molecular complexity index is 427. The first-order valence-electron chi connectivity index (χ1n) is 7.87. The first-order valence-corrected chi connectivity index (χ1v) is 7.87. The molecule has 0 fully saturated rings. The molecule has 112 valence electrons. The van der Waals surface area contributed by atoms with Crippen LogP contribution in [0.25, 0.3) is 0 Å². The zero-order valence-corrected chi connectivity index (χ0v) is 13.1. The number of hydrogen-bond acceptors (Lipinski definition) is 3. The van der Waals surface area contributed by atoms with Crippen molar-refractivity contribution in [3.63, 3.8) is 0 Å². The number of nitrogens with two attached hydrogens (primary N) is 1. The summed E-state index contributed by atoms with van der Waals surface area (Å²) in [7, 11) is 1.73. The molecule has 0 spiro atoms. The van der Waals surface area contributed by atoms with Crippen LogP contribution in [0, 0.1) is 0 Å². The van der Waals surface area contributed by atoms with Gasteiger partial charge < -0.3 is 10.5 Å². The summed E-state index contributed by atoms with van der Waals surface area (Å²) < 4.78 is 5.40. The molecule has 0 radical (unpaired) electrons. The van der Waals surface area contributed by atoms with E-state index in [4.69, 9.17) is 10.5 Å². The first-order chi connectivity index (χ1) is 9.71. The lowest BCUT2D eigenvalue weighted by Crippen LogP contribution is -2.44. The highest BCUT2D eigenvalue weighted by Gasteiger charge is 2.31. The minimum Gasteiger partial charge on any atom is -0.497 e. The Hall–Kier alpha value is -1.06. The summed E-state index contributed by atoms with van der Waals surface area (Å²) in [6.45, 7) is 6.71. The molecular formula is C17H28N2O. The van der Waals surface area contributed by atoms with Crippen LogP contribution < -0.4 is 10.5 Å². The summed E-state index contributed by atoms with van der Waals surface area (Å²) in [5.74, 6) is 0.941. The third kappa shape index (κ3) is 3.15. The molecule has 0 bridgehead atoms. The zero-order valence-electron chi connectivity index (χ0n) is 13.1. The Kier molecular flexibility index (Phi) is 5.44. The van der Waals surface area contributed by atoms with Crippen LogP contribution in [0.4, 0.5) is 0 Å². The Morgan fingerprint density at radius 2 is 1.95 bits per heavy atom. The Morgan fingerprint density at radius 1 is 1.25 bits per heavy atom. The Morgan fingerprint density at radius 3 is 2.55 bits per heavy atom. The average molecular weight is 276 g/mol. The molecule has 1 aromatic rings. The average Bonchev–Trinajstić information content (AvgIpc) is 2.46. The summed E-state index contributed by atoms with van der Waals surface area (Å²) in [6.07, 6.45) is 4.50. The molecule has 20 heavy (non-hydrogen) atoms. The van der Waals surface area contributed by atoms with Crippen molar-refractivity contribution in [2.45, 2.75) is 51.6 Å². The number of ether oxygens (including phenoxy) is 1. The van der Waals surface area contributed by atoms with Crippen molar-refractivity contribution in [3.8, 4) is 5.75 Å². The van der Waals surface area contributed by atoms with Crippen LogP contribution in [0.2, 0.25) is 0 Å². The monoisotopic (exact) mass is 276 g/mol. The number of aryl methyl sites for hydroxylation is 1. The fraction of sp³-hybridized carbons (Fsp3) is 0.647. The van der Waals surface area contributed by atoms with Crippen LogP contribution in [-0.4, -0.2) is 31.1 Å². The second-order valence-electron chi connectivity index (χ2n) is 5.75. The van der Waals surface area contributed by atoms with Crippen LogP contribution >= 0.6 is 0 Å². The quantitative estimate of drug-likeness (QED) is 0.867. The van der Waals surface area contributed by atoms with Gasteiger partial charge in [-0.25, -0.2) is 0 Å². The van der Waals surface area contributed by atoms with E-state index in [1.54, 1.807) is 7.11 Å². The number of methoxy groups -OCH3 is 1. The number of hydrogen-bond donors (Lipinski definition) is 1. The third-order valence-electron chi connectivity index (χ3n) is 4.24. The largest absolute Gasteiger partial charge is 0.497 e. The van der Waals surface area contributed by atoms with Gasteiger partial charge in [0, 0.05) is 6.04 Å². The van der Waals surface area contributed by atoms with Gasteiger partial charge in [-0.15, -0.1) is 0 Å². The standard InChI is InChI=1S/C17H28N2O/c1-4-10-19(11-5-2)17-15-12-14(20-3)8-6-13(15)7-9-16(17)18/h6,8,12,16-17H,4-5,7,9-11,18H2,1-3H3. The maximum absolute atomic E-state index is 6.46. The predicted molar refractivity (Wildman–Crippen MR) is 84.2 cm³/mol. The molecule has 0 heterocycles. The normalized spacial score (nSPS) is 21.9. The second kappa shape index (κ2) is 7.09. The van der Waals surface area contributed by atoms with Crippen LogP contribution in [0.1, 0.15) is 50.3 Å². The van der Waals surface area contributed by atoms with Crippen LogP contribution in [0.5, 0.6) is 5.75 Å². The van der Waals surface area contributed by atoms with Crippen molar-refractivity contribution in [2.24, 2.45) is 5.73 Å². The number of benzene rings is 1. The summed E-state index contributed by atoms with van der Waals surface area (Å²) in [4.78, 5) is 2.56. The molecule has 2 N–H and O–H groups in total. The van der Waals surface area contributed by atoms with Gasteiger partial charge in [0.05, 0.1) is 13.2 Å². The van der Waals surface area contributed by atoms with E-state index < -0.39 is 0 Å². The lowest BCUT2D eigenvalue weighted by atomic mass is 9.83. The van der Waals surface area contributed by atoms with E-state index in [0.717, 1.165) is 31.7 Å². The maximum Gasteiger partial charge on any atom is 0.119 e. The zero-order chi connectivity index (χ0) is 14.5. The van der Waals surface area contributed by atoms with Crippen molar-refractivity contribution in [1.29, 1.82) is 0 Å². The highest BCUT2D eigenvalue weighted by atomic mass is 16.5. The molecule has 1 aliphatic rings. The molecule has 3 heteroatoms. The minimum atomic E-state index is 0.229. The van der Waals surface area contributed by atoms with E-state index in [9.17, 15) is 0 Å². The molecular weight excluding hydrogens is 248 g/mol. The van der Waals surface area contributed by atoms with Crippen LogP contribution in [0.15, 0.2) is 18.2 Å². The molecule has 0 saturated heterocycles. The molecule has 3 nitrogen and oxygen atoms in total. The van der Waals surface area contributed by atoms with Crippen LogP contribution in [0.3, 0.4) is 0 Å². The summed E-state index contributed by atoms with van der Waals surface area (Å²) in [6, 6.07) is 7.04. The minimum absolute atomic E-state index is 0.229. The van der Waals surface area contributed by atoms with Gasteiger partial charge in [0.2, 0.25) is 0 Å². The maximum atomic E-state index is 6.46. The molecule has 2 rings (SSSR count). The predicted octanol–water partition coefficient (Wildman–Crippen LogP) is 3.13. The second-order valence-corrected chi connectivity index (χ2v) is 5.75.